The van der Waals surface area contributed by atoms with Crippen molar-refractivity contribution in [1.82, 2.24) is 9.80 Å². The third-order valence-corrected chi connectivity index (χ3v) is 5.32. The minimum absolute atomic E-state index is 0.0398. The molecule has 114 valence electrons. The van der Waals surface area contributed by atoms with Crippen LogP contribution in [-0.2, 0) is 14.4 Å². The molecule has 0 saturated carbocycles. The number of nitrogens with two attached hydrogens (primary N) is 1. The summed E-state index contributed by atoms with van der Waals surface area (Å²) in [7, 11) is 0. The van der Waals surface area contributed by atoms with Crippen molar-refractivity contribution in [1.29, 1.82) is 0 Å². The molecule has 3 aliphatic heterocycles. The maximum atomic E-state index is 12.0. The molecule has 3 unspecified atom stereocenters. The molecule has 0 aromatic heterocycles. The van der Waals surface area contributed by atoms with Crippen LogP contribution in [0.2, 0.25) is 0 Å². The Hall–Kier alpha value is -1.58. The molecule has 21 heavy (non-hydrogen) atoms. The molecule has 2 amide bonds. The van der Waals surface area contributed by atoms with Gasteiger partial charge in [-0.05, 0) is 6.92 Å². The number of carbonyl (C=O) groups is 3. The maximum absolute atomic E-state index is 12.0. The number of carbonyl (C=O) groups excluding carboxylic acids is 2. The molecule has 0 bridgehead atoms. The smallest absolute Gasteiger partial charge is 0.353 e. The molecule has 9 heteroatoms. The lowest BCUT2D eigenvalue weighted by atomic mass is 9.92. The average Bonchev–Trinajstić information content (AvgIpc) is 3.05. The molecule has 3 aliphatic rings. The lowest BCUT2D eigenvalue weighted by molar-refractivity contribution is -0.156. The van der Waals surface area contributed by atoms with E-state index in [0.29, 0.717) is 11.4 Å². The second-order valence-corrected chi connectivity index (χ2v) is 6.62. The normalized spacial score (nSPS) is 35.3. The third-order valence-electron chi connectivity index (χ3n) is 3.96. The highest BCUT2D eigenvalue weighted by Crippen LogP contribution is 2.50. The molecule has 8 nitrogen and oxygen atoms in total. The average molecular weight is 313 g/mol. The maximum Gasteiger partial charge on any atom is 0.353 e. The Bertz CT molecular complexity index is 575. The number of carboxylic acids is 1. The van der Waals surface area contributed by atoms with Gasteiger partial charge < -0.3 is 15.9 Å². The molecule has 4 N–H and O–H groups in total. The molecule has 0 aliphatic carbocycles. The minimum Gasteiger partial charge on any atom is -0.477 e. The highest BCUT2D eigenvalue weighted by Gasteiger charge is 2.58. The van der Waals surface area contributed by atoms with Crippen molar-refractivity contribution in [3.63, 3.8) is 0 Å². The van der Waals surface area contributed by atoms with E-state index in [4.69, 9.17) is 5.73 Å². The first-order valence-electron chi connectivity index (χ1n) is 6.50. The summed E-state index contributed by atoms with van der Waals surface area (Å²) in [6.07, 6.45) is -0.819. The number of aliphatic carboxylic acids is 1. The summed E-state index contributed by atoms with van der Waals surface area (Å²) >= 11 is 1.27. The van der Waals surface area contributed by atoms with E-state index in [0.717, 1.165) is 0 Å². The summed E-state index contributed by atoms with van der Waals surface area (Å²) in [4.78, 5) is 37.9. The van der Waals surface area contributed by atoms with Gasteiger partial charge in [-0.1, -0.05) is 0 Å². The molecule has 2 saturated heterocycles. The summed E-state index contributed by atoms with van der Waals surface area (Å²) in [5.74, 6) is -2.55. The SMILES string of the molecule is CC(O)[C@H]1C(=O)N2C(C(=O)O)=C(CN3CC3C(N)=O)S[C@H]12. The second kappa shape index (κ2) is 4.72. The number of thioether (sulfide) groups is 1. The number of amides is 2. The quantitative estimate of drug-likeness (QED) is 0.411. The van der Waals surface area contributed by atoms with Gasteiger partial charge in [-0.15, -0.1) is 11.8 Å². The number of aliphatic hydroxyl groups is 1. The zero-order valence-electron chi connectivity index (χ0n) is 11.2. The van der Waals surface area contributed by atoms with E-state index in [-0.39, 0.29) is 29.6 Å². The highest BCUT2D eigenvalue weighted by atomic mass is 32.2. The van der Waals surface area contributed by atoms with Gasteiger partial charge in [0.15, 0.2) is 0 Å². The molecule has 0 radical (unpaired) electrons. The standard InChI is InChI=1S/C12H15N3O5S/c1-4(16)7-10(18)15-8(12(19)20)6(21-11(7)15)3-14-2-5(14)9(13)17/h4-5,7,11,16H,2-3H2,1H3,(H2,13,17)(H,19,20)/t4?,5?,7-,11+,14?/m0/s1. The first-order chi connectivity index (χ1) is 9.82. The lowest BCUT2D eigenvalue weighted by Gasteiger charge is -2.43. The Kier molecular flexibility index (Phi) is 3.23. The molecule has 0 aromatic carbocycles. The van der Waals surface area contributed by atoms with Gasteiger partial charge in [-0.25, -0.2) is 4.79 Å². The first-order valence-corrected chi connectivity index (χ1v) is 7.38. The number of primary amides is 1. The van der Waals surface area contributed by atoms with Crippen LogP contribution in [0, 0.1) is 5.92 Å². The van der Waals surface area contributed by atoms with Crippen LogP contribution in [0.5, 0.6) is 0 Å². The number of fused-ring (bicyclic) bond motifs is 1. The van der Waals surface area contributed by atoms with Gasteiger partial charge in [0.2, 0.25) is 11.8 Å². The Labute approximate surface area is 124 Å². The number of hydrogen-bond donors (Lipinski definition) is 3. The van der Waals surface area contributed by atoms with Crippen molar-refractivity contribution in [3.05, 3.63) is 10.6 Å². The summed E-state index contributed by atoms with van der Waals surface area (Å²) < 4.78 is 0. The molecule has 0 aromatic rings. The van der Waals surface area contributed by atoms with Crippen LogP contribution in [0.3, 0.4) is 0 Å². The first kappa shape index (κ1) is 14.4. The summed E-state index contributed by atoms with van der Waals surface area (Å²) in [5.41, 5.74) is 5.15. The van der Waals surface area contributed by atoms with Gasteiger partial charge in [0.05, 0.1) is 12.0 Å². The van der Waals surface area contributed by atoms with E-state index in [2.05, 4.69) is 0 Å². The van der Waals surface area contributed by atoms with E-state index in [1.807, 2.05) is 0 Å². The van der Waals surface area contributed by atoms with Crippen molar-refractivity contribution >= 4 is 29.5 Å². The fraction of sp³-hybridized carbons (Fsp3) is 0.583. The van der Waals surface area contributed by atoms with Crippen LogP contribution in [0.1, 0.15) is 6.92 Å². The van der Waals surface area contributed by atoms with Gasteiger partial charge in [0, 0.05) is 18.0 Å². The van der Waals surface area contributed by atoms with Crippen LogP contribution in [0.25, 0.3) is 0 Å². The summed E-state index contributed by atoms with van der Waals surface area (Å²) in [6, 6.07) is -0.357. The molecule has 3 rings (SSSR count). The predicted molar refractivity (Wildman–Crippen MR) is 72.6 cm³/mol. The van der Waals surface area contributed by atoms with E-state index in [1.165, 1.54) is 23.6 Å². The van der Waals surface area contributed by atoms with Crippen molar-refractivity contribution in [3.8, 4) is 0 Å². The predicted octanol–water partition coefficient (Wildman–Crippen LogP) is -1.64. The van der Waals surface area contributed by atoms with E-state index in [1.54, 1.807) is 4.90 Å². The van der Waals surface area contributed by atoms with Crippen LogP contribution >= 0.6 is 11.8 Å². The van der Waals surface area contributed by atoms with Crippen LogP contribution < -0.4 is 5.73 Å². The van der Waals surface area contributed by atoms with Crippen molar-refractivity contribution in [2.75, 3.05) is 13.1 Å². The highest BCUT2D eigenvalue weighted by molar-refractivity contribution is 8.04. The van der Waals surface area contributed by atoms with Crippen molar-refractivity contribution < 1.29 is 24.6 Å². The van der Waals surface area contributed by atoms with E-state index >= 15 is 0 Å². The van der Waals surface area contributed by atoms with Gasteiger partial charge in [0.1, 0.15) is 17.1 Å². The fourth-order valence-corrected chi connectivity index (χ4v) is 4.40. The lowest BCUT2D eigenvalue weighted by Crippen LogP contribution is -2.60. The van der Waals surface area contributed by atoms with Gasteiger partial charge in [-0.2, -0.15) is 0 Å². The Morgan fingerprint density at radius 3 is 2.67 bits per heavy atom. The molecule has 5 atom stereocenters. The Balaban J connectivity index is 1.79. The number of hydrogen-bond acceptors (Lipinski definition) is 6. The van der Waals surface area contributed by atoms with E-state index in [9.17, 15) is 24.6 Å². The number of β-lactam (4-membered cyclic amide) rings is 1. The van der Waals surface area contributed by atoms with Crippen LogP contribution in [-0.4, -0.2) is 68.4 Å². The largest absolute Gasteiger partial charge is 0.477 e. The van der Waals surface area contributed by atoms with Crippen molar-refractivity contribution in [2.45, 2.75) is 24.4 Å². The number of carboxylic acid groups (broad SMARTS) is 1. The number of aliphatic hydroxyl groups excluding tert-OH is 1. The number of rotatable bonds is 5. The van der Waals surface area contributed by atoms with Gasteiger partial charge >= 0.3 is 5.97 Å². The number of nitrogens with zero attached hydrogens (tertiary/aromatic N) is 2. The fourth-order valence-electron chi connectivity index (χ4n) is 2.77. The van der Waals surface area contributed by atoms with Gasteiger partial charge in [0.25, 0.3) is 0 Å². The molecule has 2 fully saturated rings. The molecule has 0 spiro atoms. The second-order valence-electron chi connectivity index (χ2n) is 5.41. The summed E-state index contributed by atoms with van der Waals surface area (Å²) in [6.45, 7) is 2.31. The van der Waals surface area contributed by atoms with Crippen LogP contribution in [0.4, 0.5) is 0 Å². The molecular weight excluding hydrogens is 298 g/mol. The summed E-state index contributed by atoms with van der Waals surface area (Å²) in [5, 5.41) is 18.6. The van der Waals surface area contributed by atoms with Crippen molar-refractivity contribution in [2.24, 2.45) is 11.7 Å². The van der Waals surface area contributed by atoms with Gasteiger partial charge in [-0.3, -0.25) is 19.4 Å². The molecule has 3 heterocycles. The zero-order valence-corrected chi connectivity index (χ0v) is 12.0. The Morgan fingerprint density at radius 1 is 1.52 bits per heavy atom. The van der Waals surface area contributed by atoms with E-state index < -0.39 is 23.9 Å². The monoisotopic (exact) mass is 313 g/mol. The van der Waals surface area contributed by atoms with Crippen LogP contribution in [0.15, 0.2) is 10.6 Å². The topological polar surface area (TPSA) is 124 Å². The zero-order chi connectivity index (χ0) is 15.5. The minimum atomic E-state index is -1.17. The Morgan fingerprint density at radius 2 is 2.19 bits per heavy atom. The molecular formula is C12H15N3O5S. The third kappa shape index (κ3) is 2.12.